The zero-order valence-electron chi connectivity index (χ0n) is 12.0. The number of hydrogen-bond donors (Lipinski definition) is 0. The average Bonchev–Trinajstić information content (AvgIpc) is 2.85. The molecule has 0 aromatic carbocycles. The molecular formula is C13H21BrN2O3S. The Morgan fingerprint density at radius 2 is 1.95 bits per heavy atom. The van der Waals surface area contributed by atoms with Crippen molar-refractivity contribution in [3.05, 3.63) is 16.8 Å². The summed E-state index contributed by atoms with van der Waals surface area (Å²) in [5.74, 6) is 0. The monoisotopic (exact) mass is 364 g/mol. The molecule has 1 aliphatic rings. The molecule has 20 heavy (non-hydrogen) atoms. The van der Waals surface area contributed by atoms with E-state index in [1.807, 2.05) is 0 Å². The first-order valence-corrected chi connectivity index (χ1v) is 9.03. The third-order valence-electron chi connectivity index (χ3n) is 3.93. The van der Waals surface area contributed by atoms with E-state index in [1.165, 1.54) is 10.4 Å². The molecule has 2 heterocycles. The predicted octanol–water partition coefficient (Wildman–Crippen LogP) is 2.54. The summed E-state index contributed by atoms with van der Waals surface area (Å²) in [5.41, 5.74) is 0. The van der Waals surface area contributed by atoms with E-state index < -0.39 is 10.0 Å². The highest BCUT2D eigenvalue weighted by molar-refractivity contribution is 9.10. The van der Waals surface area contributed by atoms with Gasteiger partial charge in [0.1, 0.15) is 0 Å². The fourth-order valence-electron chi connectivity index (χ4n) is 2.54. The minimum Gasteiger partial charge on any atom is -0.437 e. The van der Waals surface area contributed by atoms with Crippen molar-refractivity contribution in [2.75, 3.05) is 20.1 Å². The van der Waals surface area contributed by atoms with Crippen LogP contribution in [0.1, 0.15) is 26.7 Å². The van der Waals surface area contributed by atoms with Gasteiger partial charge >= 0.3 is 0 Å². The van der Waals surface area contributed by atoms with Crippen LogP contribution in [0.15, 0.2) is 26.3 Å². The second-order valence-electron chi connectivity index (χ2n) is 5.44. The van der Waals surface area contributed by atoms with Gasteiger partial charge in [-0.25, -0.2) is 8.42 Å². The molecule has 2 rings (SSSR count). The average molecular weight is 365 g/mol. The van der Waals surface area contributed by atoms with Crippen LogP contribution < -0.4 is 0 Å². The molecule has 1 fully saturated rings. The molecule has 0 amide bonds. The number of halogens is 1. The summed E-state index contributed by atoms with van der Waals surface area (Å²) in [5, 5.41) is -0.00170. The fraction of sp³-hybridized carbons (Fsp3) is 0.692. The molecule has 1 aromatic heterocycles. The maximum atomic E-state index is 12.5. The number of rotatable bonds is 4. The van der Waals surface area contributed by atoms with E-state index in [4.69, 9.17) is 4.42 Å². The molecule has 1 aromatic rings. The first-order chi connectivity index (χ1) is 9.32. The van der Waals surface area contributed by atoms with Crippen molar-refractivity contribution in [2.24, 2.45) is 0 Å². The van der Waals surface area contributed by atoms with Crippen LogP contribution >= 0.6 is 15.9 Å². The van der Waals surface area contributed by atoms with Crippen molar-refractivity contribution in [3.63, 3.8) is 0 Å². The quantitative estimate of drug-likeness (QED) is 0.823. The van der Waals surface area contributed by atoms with Gasteiger partial charge in [-0.2, -0.15) is 4.31 Å². The molecule has 0 spiro atoms. The first kappa shape index (κ1) is 16.0. The number of sulfonamides is 1. The van der Waals surface area contributed by atoms with Crippen molar-refractivity contribution < 1.29 is 12.8 Å². The van der Waals surface area contributed by atoms with Gasteiger partial charge < -0.3 is 9.32 Å². The van der Waals surface area contributed by atoms with Crippen LogP contribution in [-0.2, 0) is 10.0 Å². The summed E-state index contributed by atoms with van der Waals surface area (Å²) in [7, 11) is -1.90. The van der Waals surface area contributed by atoms with Crippen LogP contribution in [0.25, 0.3) is 0 Å². The van der Waals surface area contributed by atoms with Gasteiger partial charge in [0.2, 0.25) is 5.09 Å². The molecule has 0 aliphatic carbocycles. The molecule has 0 unspecified atom stereocenters. The third kappa shape index (κ3) is 3.27. The summed E-state index contributed by atoms with van der Waals surface area (Å²) in [4.78, 5) is 2.38. The molecule has 0 saturated carbocycles. The molecule has 0 atom stereocenters. The highest BCUT2D eigenvalue weighted by Crippen LogP contribution is 2.26. The van der Waals surface area contributed by atoms with Gasteiger partial charge in [0, 0.05) is 19.1 Å². The number of piperidine rings is 1. The maximum absolute atomic E-state index is 12.5. The number of hydrogen-bond acceptors (Lipinski definition) is 4. The normalized spacial score (nSPS) is 19.1. The van der Waals surface area contributed by atoms with Crippen LogP contribution in [0.2, 0.25) is 0 Å². The summed E-state index contributed by atoms with van der Waals surface area (Å²) in [6.45, 7) is 6.20. The number of likely N-dealkylation sites (tertiary alicyclic amines) is 1. The highest BCUT2D eigenvalue weighted by Gasteiger charge is 2.33. The topological polar surface area (TPSA) is 53.8 Å². The minimum absolute atomic E-state index is 0.00170. The molecular weight excluding hydrogens is 344 g/mol. The van der Waals surface area contributed by atoms with Gasteiger partial charge in [0.25, 0.3) is 10.0 Å². The Kier molecular flexibility index (Phi) is 4.94. The smallest absolute Gasteiger partial charge is 0.276 e. The van der Waals surface area contributed by atoms with E-state index in [-0.39, 0.29) is 11.1 Å². The van der Waals surface area contributed by atoms with Gasteiger partial charge in [-0.1, -0.05) is 0 Å². The van der Waals surface area contributed by atoms with Crippen molar-refractivity contribution in [1.82, 2.24) is 9.21 Å². The lowest BCUT2D eigenvalue weighted by molar-refractivity contribution is 0.139. The third-order valence-corrected chi connectivity index (χ3v) is 6.14. The standard InChI is InChI=1S/C13H21BrN2O3S/c1-10(2)16-8-6-11(7-9-16)15(3)20(17,18)13-5-4-12(14)19-13/h4-5,10-11H,6-9H2,1-3H3. The highest BCUT2D eigenvalue weighted by atomic mass is 79.9. The van der Waals surface area contributed by atoms with Crippen LogP contribution in [0.3, 0.4) is 0 Å². The molecule has 0 radical (unpaired) electrons. The lowest BCUT2D eigenvalue weighted by atomic mass is 10.0. The molecule has 5 nitrogen and oxygen atoms in total. The Morgan fingerprint density at radius 1 is 1.35 bits per heavy atom. The Hall–Kier alpha value is -0.370. The Morgan fingerprint density at radius 3 is 2.40 bits per heavy atom. The van der Waals surface area contributed by atoms with E-state index in [2.05, 4.69) is 34.7 Å². The Bertz CT molecular complexity index is 548. The molecule has 7 heteroatoms. The second-order valence-corrected chi connectivity index (χ2v) is 8.15. The van der Waals surface area contributed by atoms with Crippen LogP contribution in [0.5, 0.6) is 0 Å². The Labute approximate surface area is 129 Å². The first-order valence-electron chi connectivity index (χ1n) is 6.80. The molecule has 1 aliphatic heterocycles. The Balaban J connectivity index is 2.07. The summed E-state index contributed by atoms with van der Waals surface area (Å²) >= 11 is 3.14. The van der Waals surface area contributed by atoms with E-state index in [9.17, 15) is 8.42 Å². The number of furan rings is 1. The van der Waals surface area contributed by atoms with Crippen LogP contribution in [-0.4, -0.2) is 49.8 Å². The molecule has 114 valence electrons. The summed E-state index contributed by atoms with van der Waals surface area (Å²) < 4.78 is 32.0. The van der Waals surface area contributed by atoms with Gasteiger partial charge in [0.05, 0.1) is 0 Å². The summed E-state index contributed by atoms with van der Waals surface area (Å²) in [6, 6.07) is 3.64. The minimum atomic E-state index is -3.54. The molecule has 0 N–H and O–H groups in total. The van der Waals surface area contributed by atoms with Crippen molar-refractivity contribution in [1.29, 1.82) is 0 Å². The van der Waals surface area contributed by atoms with Gasteiger partial charge in [-0.15, -0.1) is 0 Å². The zero-order valence-corrected chi connectivity index (χ0v) is 14.4. The fourth-order valence-corrected chi connectivity index (χ4v) is 4.28. The van der Waals surface area contributed by atoms with Crippen LogP contribution in [0.4, 0.5) is 0 Å². The van der Waals surface area contributed by atoms with Crippen molar-refractivity contribution >= 4 is 26.0 Å². The molecule has 1 saturated heterocycles. The van der Waals surface area contributed by atoms with Gasteiger partial charge in [-0.05, 0) is 67.8 Å². The predicted molar refractivity (Wildman–Crippen MR) is 81.1 cm³/mol. The largest absolute Gasteiger partial charge is 0.437 e. The van der Waals surface area contributed by atoms with Crippen molar-refractivity contribution in [3.8, 4) is 0 Å². The lowest BCUT2D eigenvalue weighted by Crippen LogP contribution is -2.47. The van der Waals surface area contributed by atoms with Crippen molar-refractivity contribution in [2.45, 2.75) is 43.9 Å². The zero-order chi connectivity index (χ0) is 14.9. The van der Waals surface area contributed by atoms with E-state index >= 15 is 0 Å². The van der Waals surface area contributed by atoms with E-state index in [0.29, 0.717) is 10.7 Å². The second kappa shape index (κ2) is 6.17. The van der Waals surface area contributed by atoms with Crippen LogP contribution in [0, 0.1) is 0 Å². The SMILES string of the molecule is CC(C)N1CCC(N(C)S(=O)(=O)c2ccc(Br)o2)CC1. The van der Waals surface area contributed by atoms with Gasteiger partial charge in [-0.3, -0.25) is 0 Å². The lowest BCUT2D eigenvalue weighted by Gasteiger charge is -2.37. The van der Waals surface area contributed by atoms with Gasteiger partial charge in [0.15, 0.2) is 4.67 Å². The van der Waals surface area contributed by atoms with E-state index in [0.717, 1.165) is 25.9 Å². The maximum Gasteiger partial charge on any atom is 0.276 e. The summed E-state index contributed by atoms with van der Waals surface area (Å²) in [6.07, 6.45) is 1.71. The molecule has 0 bridgehead atoms. The number of nitrogens with zero attached hydrogens (tertiary/aromatic N) is 2. The van der Waals surface area contributed by atoms with E-state index in [1.54, 1.807) is 13.1 Å².